The maximum atomic E-state index is 12.6. The molecule has 3 amide bonds. The van der Waals surface area contributed by atoms with E-state index in [2.05, 4.69) is 17.6 Å². The molecule has 3 fully saturated rings. The predicted octanol–water partition coefficient (Wildman–Crippen LogP) is 3.32. The first kappa shape index (κ1) is 19.2. The summed E-state index contributed by atoms with van der Waals surface area (Å²) in [5.41, 5.74) is 1.85. The van der Waals surface area contributed by atoms with Crippen molar-refractivity contribution in [2.75, 3.05) is 25.0 Å². The minimum atomic E-state index is -0.323. The molecule has 6 heteroatoms. The van der Waals surface area contributed by atoms with E-state index in [1.165, 1.54) is 18.4 Å². The van der Waals surface area contributed by atoms with Crippen molar-refractivity contribution in [1.29, 1.82) is 0 Å². The molecule has 4 rings (SSSR count). The molecular weight excluding hydrogens is 354 g/mol. The first-order valence-electron chi connectivity index (χ1n) is 10.7. The van der Waals surface area contributed by atoms with Crippen LogP contribution in [0, 0.1) is 5.92 Å². The Balaban J connectivity index is 1.24. The maximum absolute atomic E-state index is 12.6. The number of rotatable bonds is 5. The third kappa shape index (κ3) is 4.49. The summed E-state index contributed by atoms with van der Waals surface area (Å²) in [6.45, 7) is 4.23. The summed E-state index contributed by atoms with van der Waals surface area (Å²) in [7, 11) is 0. The number of hydrogen-bond acceptors (Lipinski definition) is 3. The second kappa shape index (κ2) is 8.11. The highest BCUT2D eigenvalue weighted by Gasteiger charge is 2.45. The van der Waals surface area contributed by atoms with Crippen LogP contribution in [-0.2, 0) is 16.0 Å². The van der Waals surface area contributed by atoms with E-state index in [9.17, 15) is 9.59 Å². The average molecular weight is 386 g/mol. The van der Waals surface area contributed by atoms with Crippen LogP contribution in [0.4, 0.5) is 10.5 Å². The zero-order valence-electron chi connectivity index (χ0n) is 16.7. The molecular formula is C22H31N3O3. The number of anilines is 1. The quantitative estimate of drug-likeness (QED) is 0.817. The van der Waals surface area contributed by atoms with Crippen molar-refractivity contribution < 1.29 is 14.3 Å². The SMILES string of the molecule is CCc1ccc(NC(=O)N2CCC3(CC[C@@H](C(=O)NCC4CC4)O3)CC2)cc1. The fourth-order valence-corrected chi connectivity index (χ4v) is 4.19. The second-order valence-corrected chi connectivity index (χ2v) is 8.48. The molecule has 1 aliphatic carbocycles. The standard InChI is InChI=1S/C22H31N3O3/c1-2-16-5-7-18(8-6-16)24-21(27)25-13-11-22(12-14-25)10-9-19(28-22)20(26)23-15-17-3-4-17/h5-8,17,19H,2-4,9-15H2,1H3,(H,23,26)(H,24,27)/t19-/m0/s1. The summed E-state index contributed by atoms with van der Waals surface area (Å²) in [5, 5.41) is 6.02. The van der Waals surface area contributed by atoms with Gasteiger partial charge in [0.05, 0.1) is 5.60 Å². The van der Waals surface area contributed by atoms with Gasteiger partial charge in [0.25, 0.3) is 0 Å². The lowest BCUT2D eigenvalue weighted by atomic mass is 9.88. The molecule has 2 N–H and O–H groups in total. The van der Waals surface area contributed by atoms with Crippen LogP contribution in [0.5, 0.6) is 0 Å². The number of likely N-dealkylation sites (tertiary alicyclic amines) is 1. The number of nitrogens with zero attached hydrogens (tertiary/aromatic N) is 1. The molecule has 1 atom stereocenters. The molecule has 0 radical (unpaired) electrons. The van der Waals surface area contributed by atoms with Gasteiger partial charge in [-0.05, 0) is 68.6 Å². The van der Waals surface area contributed by atoms with Crippen LogP contribution in [-0.4, -0.2) is 48.2 Å². The Morgan fingerprint density at radius 3 is 2.46 bits per heavy atom. The van der Waals surface area contributed by atoms with Gasteiger partial charge in [-0.1, -0.05) is 19.1 Å². The summed E-state index contributed by atoms with van der Waals surface area (Å²) in [6.07, 6.45) is 6.41. The topological polar surface area (TPSA) is 70.7 Å². The van der Waals surface area contributed by atoms with Crippen molar-refractivity contribution >= 4 is 17.6 Å². The van der Waals surface area contributed by atoms with Crippen molar-refractivity contribution in [2.45, 2.75) is 63.6 Å². The fraction of sp³-hybridized carbons (Fsp3) is 0.636. The number of carbonyl (C=O) groups is 2. The van der Waals surface area contributed by atoms with E-state index < -0.39 is 0 Å². The molecule has 1 aromatic rings. The number of carbonyl (C=O) groups excluding carboxylic acids is 2. The van der Waals surface area contributed by atoms with Gasteiger partial charge < -0.3 is 20.3 Å². The molecule has 0 aromatic heterocycles. The summed E-state index contributed by atoms with van der Waals surface area (Å²) in [6, 6.07) is 7.93. The van der Waals surface area contributed by atoms with Gasteiger partial charge in [-0.3, -0.25) is 4.79 Å². The van der Waals surface area contributed by atoms with Gasteiger partial charge in [0.1, 0.15) is 6.10 Å². The van der Waals surface area contributed by atoms with Crippen LogP contribution in [0.25, 0.3) is 0 Å². The number of urea groups is 1. The maximum Gasteiger partial charge on any atom is 0.321 e. The highest BCUT2D eigenvalue weighted by molar-refractivity contribution is 5.89. The summed E-state index contributed by atoms with van der Waals surface area (Å²) >= 11 is 0. The zero-order valence-corrected chi connectivity index (χ0v) is 16.7. The number of nitrogens with one attached hydrogen (secondary N) is 2. The van der Waals surface area contributed by atoms with E-state index in [0.717, 1.165) is 44.3 Å². The Labute approximate surface area is 167 Å². The van der Waals surface area contributed by atoms with Gasteiger partial charge in [-0.2, -0.15) is 0 Å². The van der Waals surface area contributed by atoms with Gasteiger partial charge in [0, 0.05) is 25.3 Å². The van der Waals surface area contributed by atoms with E-state index in [0.29, 0.717) is 19.0 Å². The minimum absolute atomic E-state index is 0.0412. The lowest BCUT2D eigenvalue weighted by Gasteiger charge is -2.39. The van der Waals surface area contributed by atoms with E-state index in [-0.39, 0.29) is 23.6 Å². The van der Waals surface area contributed by atoms with Crippen molar-refractivity contribution in [2.24, 2.45) is 5.92 Å². The van der Waals surface area contributed by atoms with Gasteiger partial charge in [0.15, 0.2) is 0 Å². The normalized spacial score (nSPS) is 23.6. The van der Waals surface area contributed by atoms with Crippen LogP contribution >= 0.6 is 0 Å². The largest absolute Gasteiger partial charge is 0.362 e. The van der Waals surface area contributed by atoms with Crippen molar-refractivity contribution in [1.82, 2.24) is 10.2 Å². The Morgan fingerprint density at radius 1 is 1.11 bits per heavy atom. The van der Waals surface area contributed by atoms with E-state index in [1.54, 1.807) is 0 Å². The Bertz CT molecular complexity index is 706. The van der Waals surface area contributed by atoms with Crippen LogP contribution in [0.15, 0.2) is 24.3 Å². The third-order valence-electron chi connectivity index (χ3n) is 6.38. The van der Waals surface area contributed by atoms with Gasteiger partial charge in [-0.15, -0.1) is 0 Å². The first-order chi connectivity index (χ1) is 13.6. The van der Waals surface area contributed by atoms with Gasteiger partial charge in [0.2, 0.25) is 5.91 Å². The molecule has 0 unspecified atom stereocenters. The van der Waals surface area contributed by atoms with Crippen LogP contribution in [0.2, 0.25) is 0 Å². The Kier molecular flexibility index (Phi) is 5.58. The fourth-order valence-electron chi connectivity index (χ4n) is 4.19. The molecule has 6 nitrogen and oxygen atoms in total. The second-order valence-electron chi connectivity index (χ2n) is 8.48. The average Bonchev–Trinajstić information content (AvgIpc) is 3.47. The summed E-state index contributed by atoms with van der Waals surface area (Å²) in [5.74, 6) is 0.721. The number of aryl methyl sites for hydroxylation is 1. The predicted molar refractivity (Wildman–Crippen MR) is 108 cm³/mol. The molecule has 1 spiro atoms. The van der Waals surface area contributed by atoms with Crippen LogP contribution in [0.3, 0.4) is 0 Å². The van der Waals surface area contributed by atoms with E-state index in [4.69, 9.17) is 4.74 Å². The van der Waals surface area contributed by atoms with E-state index >= 15 is 0 Å². The lowest BCUT2D eigenvalue weighted by Crippen LogP contribution is -2.48. The number of hydrogen-bond donors (Lipinski definition) is 2. The molecule has 2 heterocycles. The molecule has 28 heavy (non-hydrogen) atoms. The third-order valence-corrected chi connectivity index (χ3v) is 6.38. The Hall–Kier alpha value is -2.08. The smallest absolute Gasteiger partial charge is 0.321 e. The number of amides is 3. The molecule has 1 aromatic carbocycles. The van der Waals surface area contributed by atoms with Crippen LogP contribution in [0.1, 0.15) is 51.0 Å². The first-order valence-corrected chi connectivity index (χ1v) is 10.7. The van der Waals surface area contributed by atoms with Crippen LogP contribution < -0.4 is 10.6 Å². The van der Waals surface area contributed by atoms with Crippen molar-refractivity contribution in [3.05, 3.63) is 29.8 Å². The van der Waals surface area contributed by atoms with E-state index in [1.807, 2.05) is 29.2 Å². The zero-order chi connectivity index (χ0) is 19.6. The number of ether oxygens (including phenoxy) is 1. The summed E-state index contributed by atoms with van der Waals surface area (Å²) < 4.78 is 6.21. The number of benzene rings is 1. The van der Waals surface area contributed by atoms with Gasteiger partial charge >= 0.3 is 6.03 Å². The monoisotopic (exact) mass is 385 g/mol. The molecule has 2 saturated heterocycles. The Morgan fingerprint density at radius 2 is 1.82 bits per heavy atom. The molecule has 3 aliphatic rings. The molecule has 0 bridgehead atoms. The summed E-state index contributed by atoms with van der Waals surface area (Å²) in [4.78, 5) is 26.7. The molecule has 1 saturated carbocycles. The highest BCUT2D eigenvalue weighted by atomic mass is 16.5. The highest BCUT2D eigenvalue weighted by Crippen LogP contribution is 2.39. The minimum Gasteiger partial charge on any atom is -0.362 e. The molecule has 152 valence electrons. The van der Waals surface area contributed by atoms with Crippen molar-refractivity contribution in [3.63, 3.8) is 0 Å². The van der Waals surface area contributed by atoms with Crippen molar-refractivity contribution in [3.8, 4) is 0 Å². The molecule has 2 aliphatic heterocycles. The lowest BCUT2D eigenvalue weighted by molar-refractivity contribution is -0.140. The van der Waals surface area contributed by atoms with Gasteiger partial charge in [-0.25, -0.2) is 4.79 Å². The number of piperidine rings is 1.